The number of nitrogens with zero attached hydrogens (tertiary/aromatic N) is 2. The summed E-state index contributed by atoms with van der Waals surface area (Å²) in [6.45, 7) is 7.01. The second-order valence-corrected chi connectivity index (χ2v) is 8.85. The van der Waals surface area contributed by atoms with Crippen LogP contribution in [-0.2, 0) is 9.53 Å². The minimum absolute atomic E-state index is 0.119. The van der Waals surface area contributed by atoms with Gasteiger partial charge in [-0.3, -0.25) is 9.59 Å². The lowest BCUT2D eigenvalue weighted by atomic mass is 10.1. The first-order valence-corrected chi connectivity index (χ1v) is 11.1. The summed E-state index contributed by atoms with van der Waals surface area (Å²) in [5, 5.41) is 2.74. The van der Waals surface area contributed by atoms with Crippen LogP contribution in [0.4, 0.5) is 10.5 Å². The molecule has 2 aromatic carbocycles. The number of ether oxygens (including phenoxy) is 3. The van der Waals surface area contributed by atoms with Crippen molar-refractivity contribution in [1.82, 2.24) is 9.80 Å². The second-order valence-electron chi connectivity index (χ2n) is 8.85. The summed E-state index contributed by atoms with van der Waals surface area (Å²) in [5.41, 5.74) is 0.573. The molecule has 0 unspecified atom stereocenters. The van der Waals surface area contributed by atoms with Gasteiger partial charge in [-0.15, -0.1) is 0 Å². The van der Waals surface area contributed by atoms with Crippen LogP contribution in [0.2, 0.25) is 0 Å². The highest BCUT2D eigenvalue weighted by Crippen LogP contribution is 2.18. The summed E-state index contributed by atoms with van der Waals surface area (Å²) in [4.78, 5) is 40.5. The molecule has 9 nitrogen and oxygen atoms in total. The molecular weight excluding hydrogens is 438 g/mol. The SMILES string of the molecule is COc1cccc(NC(=O)COc2ccc(C(=O)N3CCN(C(=O)OC(C)(C)C)CC3)cc2)c1. The molecule has 1 aliphatic heterocycles. The molecule has 1 saturated heterocycles. The predicted octanol–water partition coefficient (Wildman–Crippen LogP) is 3.41. The fourth-order valence-corrected chi connectivity index (χ4v) is 3.34. The monoisotopic (exact) mass is 469 g/mol. The summed E-state index contributed by atoms with van der Waals surface area (Å²) in [7, 11) is 1.56. The first kappa shape index (κ1) is 24.9. The van der Waals surface area contributed by atoms with Crippen LogP contribution in [0.3, 0.4) is 0 Å². The number of piperazine rings is 1. The highest BCUT2D eigenvalue weighted by molar-refractivity contribution is 5.94. The number of carbonyl (C=O) groups is 3. The van der Waals surface area contributed by atoms with E-state index in [2.05, 4.69) is 5.32 Å². The van der Waals surface area contributed by atoms with Crippen molar-refractivity contribution in [2.24, 2.45) is 0 Å². The van der Waals surface area contributed by atoms with Crippen molar-refractivity contribution in [2.45, 2.75) is 26.4 Å². The number of benzene rings is 2. The zero-order chi connectivity index (χ0) is 24.7. The van der Waals surface area contributed by atoms with Crippen molar-refractivity contribution in [1.29, 1.82) is 0 Å². The smallest absolute Gasteiger partial charge is 0.410 e. The van der Waals surface area contributed by atoms with Gasteiger partial charge in [0.15, 0.2) is 6.61 Å². The van der Waals surface area contributed by atoms with Gasteiger partial charge in [0, 0.05) is 43.5 Å². The first-order valence-electron chi connectivity index (χ1n) is 11.1. The molecular formula is C25H31N3O6. The van der Waals surface area contributed by atoms with E-state index in [1.54, 1.807) is 65.4 Å². The lowest BCUT2D eigenvalue weighted by molar-refractivity contribution is -0.118. The molecule has 1 aliphatic rings. The summed E-state index contributed by atoms with van der Waals surface area (Å²) >= 11 is 0. The van der Waals surface area contributed by atoms with Crippen molar-refractivity contribution in [3.05, 3.63) is 54.1 Å². The van der Waals surface area contributed by atoms with E-state index in [1.807, 2.05) is 20.8 Å². The number of carbonyl (C=O) groups excluding carboxylic acids is 3. The van der Waals surface area contributed by atoms with Gasteiger partial charge >= 0.3 is 6.09 Å². The Labute approximate surface area is 199 Å². The molecule has 1 fully saturated rings. The van der Waals surface area contributed by atoms with Crippen LogP contribution in [0.1, 0.15) is 31.1 Å². The van der Waals surface area contributed by atoms with Crippen molar-refractivity contribution < 1.29 is 28.6 Å². The summed E-state index contributed by atoms with van der Waals surface area (Å²) in [5.74, 6) is 0.694. The van der Waals surface area contributed by atoms with Gasteiger partial charge in [0.25, 0.3) is 11.8 Å². The molecule has 0 spiro atoms. The van der Waals surface area contributed by atoms with Crippen LogP contribution in [-0.4, -0.2) is 73.2 Å². The average molecular weight is 470 g/mol. The van der Waals surface area contributed by atoms with Crippen LogP contribution in [0.15, 0.2) is 48.5 Å². The highest BCUT2D eigenvalue weighted by atomic mass is 16.6. The van der Waals surface area contributed by atoms with E-state index in [0.29, 0.717) is 48.9 Å². The predicted molar refractivity (Wildman–Crippen MR) is 127 cm³/mol. The Bertz CT molecular complexity index is 1010. The van der Waals surface area contributed by atoms with Gasteiger partial charge in [0.05, 0.1) is 7.11 Å². The van der Waals surface area contributed by atoms with Gasteiger partial charge < -0.3 is 29.3 Å². The number of rotatable bonds is 6. The molecule has 0 saturated carbocycles. The Morgan fingerprint density at radius 3 is 2.18 bits per heavy atom. The largest absolute Gasteiger partial charge is 0.497 e. The molecule has 0 aliphatic carbocycles. The van der Waals surface area contributed by atoms with Crippen molar-refractivity contribution in [2.75, 3.05) is 45.2 Å². The van der Waals surface area contributed by atoms with Crippen molar-refractivity contribution in [3.63, 3.8) is 0 Å². The van der Waals surface area contributed by atoms with Crippen LogP contribution < -0.4 is 14.8 Å². The zero-order valence-corrected chi connectivity index (χ0v) is 20.0. The van der Waals surface area contributed by atoms with E-state index >= 15 is 0 Å². The number of amides is 3. The van der Waals surface area contributed by atoms with E-state index in [1.165, 1.54) is 0 Å². The minimum Gasteiger partial charge on any atom is -0.497 e. The van der Waals surface area contributed by atoms with Crippen molar-refractivity contribution in [3.8, 4) is 11.5 Å². The van der Waals surface area contributed by atoms with Crippen LogP contribution in [0.5, 0.6) is 11.5 Å². The fraction of sp³-hybridized carbons (Fsp3) is 0.400. The Hall–Kier alpha value is -3.75. The van der Waals surface area contributed by atoms with Crippen LogP contribution in [0.25, 0.3) is 0 Å². The van der Waals surface area contributed by atoms with Crippen LogP contribution in [0, 0.1) is 0 Å². The Morgan fingerprint density at radius 2 is 1.56 bits per heavy atom. The average Bonchev–Trinajstić information content (AvgIpc) is 2.82. The molecule has 1 heterocycles. The number of methoxy groups -OCH3 is 1. The van der Waals surface area contributed by atoms with Crippen LogP contribution >= 0.6 is 0 Å². The molecule has 0 radical (unpaired) electrons. The van der Waals surface area contributed by atoms with E-state index in [4.69, 9.17) is 14.2 Å². The summed E-state index contributed by atoms with van der Waals surface area (Å²) in [6.07, 6.45) is -0.364. The lowest BCUT2D eigenvalue weighted by Gasteiger charge is -2.35. The van der Waals surface area contributed by atoms with E-state index < -0.39 is 5.60 Å². The molecule has 34 heavy (non-hydrogen) atoms. The molecule has 3 amide bonds. The van der Waals surface area contributed by atoms with E-state index in [9.17, 15) is 14.4 Å². The number of hydrogen-bond acceptors (Lipinski definition) is 6. The Kier molecular flexibility index (Phi) is 7.99. The lowest BCUT2D eigenvalue weighted by Crippen LogP contribution is -2.51. The standard InChI is InChI=1S/C25H31N3O6/c1-25(2,3)34-24(31)28-14-12-27(13-15-28)23(30)18-8-10-20(11-9-18)33-17-22(29)26-19-6-5-7-21(16-19)32-4/h5-11,16H,12-15,17H2,1-4H3,(H,26,29). The molecule has 9 heteroatoms. The molecule has 2 aromatic rings. The summed E-state index contributed by atoms with van der Waals surface area (Å²) < 4.78 is 16.1. The van der Waals surface area contributed by atoms with Gasteiger partial charge in [-0.05, 0) is 57.2 Å². The quantitative estimate of drug-likeness (QED) is 0.696. The first-order chi connectivity index (χ1) is 16.1. The highest BCUT2D eigenvalue weighted by Gasteiger charge is 2.28. The molecule has 182 valence electrons. The Balaban J connectivity index is 1.46. The molecule has 0 aromatic heterocycles. The molecule has 3 rings (SSSR count). The van der Waals surface area contributed by atoms with Gasteiger partial charge in [0.2, 0.25) is 0 Å². The van der Waals surface area contributed by atoms with Gasteiger partial charge in [-0.25, -0.2) is 4.79 Å². The maximum absolute atomic E-state index is 12.8. The molecule has 0 atom stereocenters. The van der Waals surface area contributed by atoms with E-state index in [-0.39, 0.29) is 24.5 Å². The topological polar surface area (TPSA) is 97.4 Å². The van der Waals surface area contributed by atoms with Gasteiger partial charge in [0.1, 0.15) is 17.1 Å². The fourth-order valence-electron chi connectivity index (χ4n) is 3.34. The third kappa shape index (κ3) is 7.13. The van der Waals surface area contributed by atoms with Crippen molar-refractivity contribution >= 4 is 23.6 Å². The molecule has 1 N–H and O–H groups in total. The van der Waals surface area contributed by atoms with Gasteiger partial charge in [-0.1, -0.05) is 6.07 Å². The maximum atomic E-state index is 12.8. The Morgan fingerprint density at radius 1 is 0.912 bits per heavy atom. The summed E-state index contributed by atoms with van der Waals surface area (Å²) in [6, 6.07) is 13.7. The zero-order valence-electron chi connectivity index (χ0n) is 20.0. The number of anilines is 1. The third-order valence-corrected chi connectivity index (χ3v) is 5.04. The molecule has 0 bridgehead atoms. The maximum Gasteiger partial charge on any atom is 0.410 e. The normalized spacial score (nSPS) is 13.8. The third-order valence-electron chi connectivity index (χ3n) is 5.04. The van der Waals surface area contributed by atoms with Gasteiger partial charge in [-0.2, -0.15) is 0 Å². The number of hydrogen-bond donors (Lipinski definition) is 1. The van der Waals surface area contributed by atoms with E-state index in [0.717, 1.165) is 0 Å². The second kappa shape index (κ2) is 10.9. The minimum atomic E-state index is -0.552. The number of nitrogens with one attached hydrogen (secondary N) is 1.